The molecule has 1 N–H and O–H groups in total. The second-order valence-electron chi connectivity index (χ2n) is 8.67. The predicted molar refractivity (Wildman–Crippen MR) is 126 cm³/mol. The number of hydrogen-bond acceptors (Lipinski definition) is 6. The maximum Gasteiger partial charge on any atom is 0.322 e. The molecule has 33 heavy (non-hydrogen) atoms. The summed E-state index contributed by atoms with van der Waals surface area (Å²) in [5, 5.41) is 10.9. The number of sulfone groups is 1. The van der Waals surface area contributed by atoms with Gasteiger partial charge >= 0.3 is 6.01 Å². The van der Waals surface area contributed by atoms with Gasteiger partial charge in [0, 0.05) is 5.02 Å². The van der Waals surface area contributed by atoms with E-state index in [-0.39, 0.29) is 16.8 Å². The summed E-state index contributed by atoms with van der Waals surface area (Å²) in [6, 6.07) is 14.1. The van der Waals surface area contributed by atoms with Crippen LogP contribution >= 0.6 is 11.6 Å². The molecule has 0 radical (unpaired) electrons. The first-order valence-electron chi connectivity index (χ1n) is 10.9. The van der Waals surface area contributed by atoms with E-state index in [1.807, 2.05) is 12.1 Å². The highest BCUT2D eigenvalue weighted by molar-refractivity contribution is 7.92. The van der Waals surface area contributed by atoms with Crippen molar-refractivity contribution in [3.63, 3.8) is 0 Å². The second-order valence-corrected chi connectivity index (χ2v) is 11.6. The lowest BCUT2D eigenvalue weighted by Gasteiger charge is -2.27. The summed E-state index contributed by atoms with van der Waals surface area (Å²) in [5.41, 5.74) is 1.11. The lowest BCUT2D eigenvalue weighted by atomic mass is 9.78. The van der Waals surface area contributed by atoms with Crippen LogP contribution < -0.4 is 5.32 Å². The topological polar surface area (TPSA) is 102 Å². The minimum absolute atomic E-state index is 0.0502. The first kappa shape index (κ1) is 23.4. The van der Waals surface area contributed by atoms with Crippen LogP contribution in [0.5, 0.6) is 0 Å². The van der Waals surface area contributed by atoms with E-state index in [1.165, 1.54) is 0 Å². The minimum atomic E-state index is -3.32. The van der Waals surface area contributed by atoms with Gasteiger partial charge in [-0.1, -0.05) is 53.8 Å². The van der Waals surface area contributed by atoms with Gasteiger partial charge < -0.3 is 4.42 Å². The quantitative estimate of drug-likeness (QED) is 0.506. The predicted octanol–water partition coefficient (Wildman–Crippen LogP) is 4.95. The molecule has 1 aromatic heterocycles. The number of benzene rings is 2. The van der Waals surface area contributed by atoms with Crippen LogP contribution in [0.2, 0.25) is 5.02 Å². The summed E-state index contributed by atoms with van der Waals surface area (Å²) >= 11 is 6.02. The van der Waals surface area contributed by atoms with Gasteiger partial charge in [0.05, 0.1) is 22.0 Å². The van der Waals surface area contributed by atoms with Crippen molar-refractivity contribution in [1.82, 2.24) is 10.2 Å². The third kappa shape index (κ3) is 4.82. The summed E-state index contributed by atoms with van der Waals surface area (Å²) in [5.74, 6) is 0.164. The molecule has 0 unspecified atom stereocenters. The Balaban J connectivity index is 1.46. The molecule has 0 aliphatic heterocycles. The van der Waals surface area contributed by atoms with Gasteiger partial charge in [0.25, 0.3) is 0 Å². The molecule has 9 heteroatoms. The van der Waals surface area contributed by atoms with Crippen LogP contribution in [-0.4, -0.2) is 29.8 Å². The number of anilines is 1. The largest absolute Gasteiger partial charge is 0.407 e. The Morgan fingerprint density at radius 1 is 1.06 bits per heavy atom. The summed E-state index contributed by atoms with van der Waals surface area (Å²) in [4.78, 5) is 13.5. The van der Waals surface area contributed by atoms with Crippen molar-refractivity contribution in [3.05, 3.63) is 70.6 Å². The van der Waals surface area contributed by atoms with Crippen LogP contribution in [-0.2, 0) is 26.5 Å². The molecule has 1 saturated carbocycles. The fourth-order valence-electron chi connectivity index (χ4n) is 4.23. The van der Waals surface area contributed by atoms with Crippen molar-refractivity contribution in [2.45, 2.75) is 61.5 Å². The van der Waals surface area contributed by atoms with Crippen LogP contribution in [0, 0.1) is 0 Å². The summed E-state index contributed by atoms with van der Waals surface area (Å²) in [7, 11) is -3.32. The molecule has 1 heterocycles. The number of aromatic nitrogens is 2. The Kier molecular flexibility index (Phi) is 6.59. The van der Waals surface area contributed by atoms with Crippen molar-refractivity contribution in [1.29, 1.82) is 0 Å². The van der Waals surface area contributed by atoms with Gasteiger partial charge in [0.2, 0.25) is 11.8 Å². The Morgan fingerprint density at radius 2 is 1.70 bits per heavy atom. The molecule has 7 nitrogen and oxygen atoms in total. The fourth-order valence-corrected chi connectivity index (χ4v) is 5.42. The highest BCUT2D eigenvalue weighted by atomic mass is 35.5. The summed E-state index contributed by atoms with van der Waals surface area (Å²) in [6.45, 7) is 3.31. The van der Waals surface area contributed by atoms with Crippen LogP contribution in [0.4, 0.5) is 6.01 Å². The van der Waals surface area contributed by atoms with E-state index < -0.39 is 20.5 Å². The molecule has 0 atom stereocenters. The van der Waals surface area contributed by atoms with Gasteiger partial charge in [-0.3, -0.25) is 10.1 Å². The summed E-state index contributed by atoms with van der Waals surface area (Å²) in [6.07, 6.45) is 3.74. The molecule has 1 aliphatic rings. The molecule has 0 saturated heterocycles. The number of rotatable bonds is 7. The number of nitrogens with one attached hydrogen (secondary N) is 1. The first-order valence-corrected chi connectivity index (χ1v) is 12.9. The first-order chi connectivity index (χ1) is 15.7. The maximum absolute atomic E-state index is 13.2. The molecule has 1 fully saturated rings. The van der Waals surface area contributed by atoms with Gasteiger partial charge in [0.15, 0.2) is 9.84 Å². The van der Waals surface area contributed by atoms with E-state index in [1.54, 1.807) is 50.2 Å². The zero-order valence-electron chi connectivity index (χ0n) is 18.5. The number of nitrogens with zero attached hydrogens (tertiary/aromatic N) is 2. The molecule has 0 spiro atoms. The van der Waals surface area contributed by atoms with Gasteiger partial charge in [-0.05, 0) is 62.1 Å². The Morgan fingerprint density at radius 3 is 2.30 bits per heavy atom. The smallest absolute Gasteiger partial charge is 0.322 e. The molecular formula is C24H26ClN3O4S. The SMILES string of the molecule is CC(C)S(=O)(=O)c1ccc(Cc2nnc(NC(=O)C3(c4ccc(Cl)cc4)CCCC3)o2)cc1. The van der Waals surface area contributed by atoms with E-state index in [0.717, 1.165) is 36.8 Å². The maximum atomic E-state index is 13.2. The monoisotopic (exact) mass is 487 g/mol. The molecule has 1 aliphatic carbocycles. The van der Waals surface area contributed by atoms with Crippen molar-refractivity contribution < 1.29 is 17.6 Å². The van der Waals surface area contributed by atoms with Gasteiger partial charge in [-0.2, -0.15) is 0 Å². The Labute approximate surface area is 198 Å². The second kappa shape index (κ2) is 9.27. The number of hydrogen-bond donors (Lipinski definition) is 1. The average molecular weight is 488 g/mol. The van der Waals surface area contributed by atoms with E-state index in [4.69, 9.17) is 16.0 Å². The van der Waals surface area contributed by atoms with Crippen molar-refractivity contribution in [3.8, 4) is 0 Å². The number of carbonyl (C=O) groups excluding carboxylic acids is 1. The molecule has 2 aromatic carbocycles. The van der Waals surface area contributed by atoms with E-state index >= 15 is 0 Å². The molecule has 3 aromatic rings. The minimum Gasteiger partial charge on any atom is -0.407 e. The Bertz CT molecular complexity index is 1230. The van der Waals surface area contributed by atoms with Crippen LogP contribution in [0.3, 0.4) is 0 Å². The molecule has 1 amide bonds. The zero-order chi connectivity index (χ0) is 23.6. The Hall–Kier alpha value is -2.71. The van der Waals surface area contributed by atoms with Gasteiger partial charge in [-0.25, -0.2) is 8.42 Å². The number of halogens is 1. The highest BCUT2D eigenvalue weighted by Crippen LogP contribution is 2.42. The molecular weight excluding hydrogens is 462 g/mol. The molecule has 4 rings (SSSR count). The number of amides is 1. The zero-order valence-corrected chi connectivity index (χ0v) is 20.1. The summed E-state index contributed by atoms with van der Waals surface area (Å²) < 4.78 is 30.2. The van der Waals surface area contributed by atoms with Crippen molar-refractivity contribution in [2.24, 2.45) is 0 Å². The van der Waals surface area contributed by atoms with E-state index in [9.17, 15) is 13.2 Å². The van der Waals surface area contributed by atoms with Crippen molar-refractivity contribution in [2.75, 3.05) is 5.32 Å². The lowest BCUT2D eigenvalue weighted by Crippen LogP contribution is -2.38. The van der Waals surface area contributed by atoms with Crippen LogP contribution in [0.25, 0.3) is 0 Å². The lowest BCUT2D eigenvalue weighted by molar-refractivity contribution is -0.121. The average Bonchev–Trinajstić information content (AvgIpc) is 3.45. The standard InChI is InChI=1S/C24H26ClN3O4S/c1-16(2)33(30,31)20-11-5-17(6-12-20)15-21-27-28-23(32-21)26-22(29)24(13-3-4-14-24)18-7-9-19(25)10-8-18/h5-12,16H,3-4,13-15H2,1-2H3,(H,26,28,29). The fraction of sp³-hybridized carbons (Fsp3) is 0.375. The van der Waals surface area contributed by atoms with E-state index in [0.29, 0.717) is 17.3 Å². The third-order valence-electron chi connectivity index (χ3n) is 6.20. The highest BCUT2D eigenvalue weighted by Gasteiger charge is 2.43. The van der Waals surface area contributed by atoms with Crippen LogP contribution in [0.15, 0.2) is 57.8 Å². The van der Waals surface area contributed by atoms with E-state index in [2.05, 4.69) is 15.5 Å². The van der Waals surface area contributed by atoms with Gasteiger partial charge in [0.1, 0.15) is 0 Å². The van der Waals surface area contributed by atoms with Crippen molar-refractivity contribution >= 4 is 33.4 Å². The third-order valence-corrected chi connectivity index (χ3v) is 8.63. The van der Waals surface area contributed by atoms with Crippen LogP contribution in [0.1, 0.15) is 56.5 Å². The number of carbonyl (C=O) groups is 1. The normalized spacial score (nSPS) is 15.6. The van der Waals surface area contributed by atoms with Gasteiger partial charge in [-0.15, -0.1) is 5.10 Å². The molecule has 0 bridgehead atoms. The molecule has 174 valence electrons.